The van der Waals surface area contributed by atoms with Crippen LogP contribution < -0.4 is 5.73 Å². The molecule has 6 N–H and O–H groups in total. The summed E-state index contributed by atoms with van der Waals surface area (Å²) in [6, 6.07) is 0.858. The third-order valence-corrected chi connectivity index (χ3v) is 8.42. The first-order valence-corrected chi connectivity index (χ1v) is 12.4. The van der Waals surface area contributed by atoms with Crippen LogP contribution in [-0.4, -0.2) is 86.4 Å². The van der Waals surface area contributed by atoms with Crippen molar-refractivity contribution in [3.63, 3.8) is 0 Å². The zero-order valence-electron chi connectivity index (χ0n) is 21.4. The van der Waals surface area contributed by atoms with Crippen molar-refractivity contribution in [3.8, 4) is 5.75 Å². The van der Waals surface area contributed by atoms with E-state index in [1.807, 2.05) is 0 Å². The predicted octanol–water partition coefficient (Wildman–Crippen LogP) is 0.986. The van der Waals surface area contributed by atoms with Gasteiger partial charge in [0.05, 0.1) is 11.6 Å². The fourth-order valence-electron chi connectivity index (χ4n) is 5.81. The van der Waals surface area contributed by atoms with Crippen molar-refractivity contribution in [1.29, 1.82) is 0 Å². The predicted molar refractivity (Wildman–Crippen MR) is 136 cm³/mol. The number of fused-ring (bicyclic) bond motifs is 3. The molecule has 0 aliphatic heterocycles. The Bertz CT molecular complexity index is 1350. The molecule has 4 atom stereocenters. The number of hydrogen-bond donors (Lipinski definition) is 5. The highest BCUT2D eigenvalue weighted by Crippen LogP contribution is 2.53. The summed E-state index contributed by atoms with van der Waals surface area (Å²) in [6.07, 6.45) is -0.285. The van der Waals surface area contributed by atoms with Crippen LogP contribution in [-0.2, 0) is 32.1 Å². The van der Waals surface area contributed by atoms with Gasteiger partial charge < -0.3 is 31.1 Å². The van der Waals surface area contributed by atoms with E-state index < -0.39 is 64.5 Å². The fraction of sp³-hybridized carbons (Fsp3) is 0.462. The van der Waals surface area contributed by atoms with Crippen molar-refractivity contribution >= 4 is 40.7 Å². The zero-order valence-corrected chi connectivity index (χ0v) is 22.2. The lowest BCUT2D eigenvalue weighted by Crippen LogP contribution is -2.58. The number of rotatable bonds is 5. The molecule has 0 aromatic heterocycles. The first-order valence-electron chi connectivity index (χ1n) is 12.0. The van der Waals surface area contributed by atoms with Gasteiger partial charge in [-0.15, -0.1) is 0 Å². The van der Waals surface area contributed by atoms with Gasteiger partial charge in [-0.1, -0.05) is 11.6 Å². The molecular weight excluding hydrogens is 518 g/mol. The van der Waals surface area contributed by atoms with E-state index in [1.165, 1.54) is 11.0 Å². The number of halogens is 1. The van der Waals surface area contributed by atoms with E-state index in [4.69, 9.17) is 17.3 Å². The number of Topliss-reactive ketones (excluding diaryl/α,β-unsaturated/α-hetero) is 2. The topological polar surface area (TPSA) is 182 Å². The monoisotopic (exact) mass is 547 g/mol. The van der Waals surface area contributed by atoms with E-state index in [0.717, 1.165) is 0 Å². The summed E-state index contributed by atoms with van der Waals surface area (Å²) < 4.78 is 0. The van der Waals surface area contributed by atoms with Gasteiger partial charge in [0, 0.05) is 43.6 Å². The molecule has 2 amide bonds. The second kappa shape index (κ2) is 9.40. The van der Waals surface area contributed by atoms with Crippen molar-refractivity contribution < 1.29 is 39.6 Å². The molecule has 38 heavy (non-hydrogen) atoms. The second-order valence-electron chi connectivity index (χ2n) is 10.5. The zero-order chi connectivity index (χ0) is 28.4. The quantitative estimate of drug-likeness (QED) is 0.335. The van der Waals surface area contributed by atoms with Gasteiger partial charge in [-0.2, -0.15) is 0 Å². The number of aromatic hydroxyl groups is 1. The molecule has 1 aromatic rings. The van der Waals surface area contributed by atoms with Crippen LogP contribution in [0.1, 0.15) is 36.5 Å². The molecule has 1 aromatic carbocycles. The number of aliphatic hydroxyl groups excluding tert-OH is 2. The van der Waals surface area contributed by atoms with E-state index in [9.17, 15) is 39.6 Å². The third-order valence-electron chi connectivity index (χ3n) is 7.95. The number of carbonyl (C=O) groups excluding carboxylic acids is 4. The Morgan fingerprint density at radius 3 is 2.39 bits per heavy atom. The largest absolute Gasteiger partial charge is 0.508 e. The van der Waals surface area contributed by atoms with Gasteiger partial charge in [0.25, 0.3) is 5.91 Å². The number of hydrogen-bond acceptors (Lipinski definition) is 9. The van der Waals surface area contributed by atoms with Crippen LogP contribution in [0.25, 0.3) is 5.76 Å². The standard InChI is InChI=1S/C26H30ClN3O8/c1-10(25(37)29(2)3)30(4)9-12-7-15(31)18-14(20(12)27)6-11-5-13-8-16(32)19(24(28)36)23(35)26(13,38)22(34)17(11)21(18)33/h7,10-11,13,31,33,35,38H,5-6,8-9H2,1-4H3,(H2,28,36)/t10-,11?,13?,26?/m1/s1. The highest BCUT2D eigenvalue weighted by molar-refractivity contribution is 6.32. The molecule has 0 heterocycles. The summed E-state index contributed by atoms with van der Waals surface area (Å²) in [5.41, 5.74) is 2.31. The van der Waals surface area contributed by atoms with Crippen LogP contribution in [0.3, 0.4) is 0 Å². The van der Waals surface area contributed by atoms with Crippen LogP contribution in [0.5, 0.6) is 5.75 Å². The Morgan fingerprint density at radius 2 is 1.82 bits per heavy atom. The molecule has 11 nitrogen and oxygen atoms in total. The number of benzene rings is 1. The van der Waals surface area contributed by atoms with Crippen molar-refractivity contribution in [1.82, 2.24) is 9.80 Å². The van der Waals surface area contributed by atoms with Crippen LogP contribution in [0.4, 0.5) is 0 Å². The summed E-state index contributed by atoms with van der Waals surface area (Å²) in [4.78, 5) is 53.4. The minimum Gasteiger partial charge on any atom is -0.508 e. The molecule has 1 saturated carbocycles. The Kier molecular flexibility index (Phi) is 6.84. The number of ketones is 2. The number of aliphatic hydroxyl groups is 3. The van der Waals surface area contributed by atoms with Crippen LogP contribution in [0.2, 0.25) is 5.02 Å². The number of primary amides is 1. The highest BCUT2D eigenvalue weighted by atomic mass is 35.5. The van der Waals surface area contributed by atoms with Gasteiger partial charge in [-0.05, 0) is 49.9 Å². The molecule has 0 bridgehead atoms. The number of nitrogens with zero attached hydrogens (tertiary/aromatic N) is 2. The first kappa shape index (κ1) is 27.6. The first-order chi connectivity index (χ1) is 17.6. The number of carbonyl (C=O) groups is 4. The minimum atomic E-state index is -2.62. The van der Waals surface area contributed by atoms with E-state index in [2.05, 4.69) is 0 Å². The third kappa shape index (κ3) is 3.96. The summed E-state index contributed by atoms with van der Waals surface area (Å²) >= 11 is 6.73. The van der Waals surface area contributed by atoms with Crippen LogP contribution in [0.15, 0.2) is 23.0 Å². The number of likely N-dealkylation sites (N-methyl/N-ethyl adjacent to an activating group) is 2. The van der Waals surface area contributed by atoms with Gasteiger partial charge in [0.2, 0.25) is 11.7 Å². The molecule has 3 aliphatic rings. The smallest absolute Gasteiger partial charge is 0.255 e. The van der Waals surface area contributed by atoms with Gasteiger partial charge in [-0.3, -0.25) is 24.1 Å². The van der Waals surface area contributed by atoms with Gasteiger partial charge in [0.15, 0.2) is 11.4 Å². The molecule has 0 saturated heterocycles. The number of phenols is 1. The summed E-state index contributed by atoms with van der Waals surface area (Å²) in [5, 5.41) is 44.2. The Balaban J connectivity index is 1.78. The summed E-state index contributed by atoms with van der Waals surface area (Å²) in [5.74, 6) is -7.08. The number of nitrogens with two attached hydrogens (primary N) is 1. The minimum absolute atomic E-state index is 0.0124. The number of amides is 2. The van der Waals surface area contributed by atoms with Gasteiger partial charge >= 0.3 is 0 Å². The van der Waals surface area contributed by atoms with Crippen molar-refractivity contribution in [2.45, 2.75) is 44.4 Å². The van der Waals surface area contributed by atoms with Gasteiger partial charge in [-0.25, -0.2) is 0 Å². The average Bonchev–Trinajstić information content (AvgIpc) is 2.82. The molecule has 12 heteroatoms. The molecule has 0 radical (unpaired) electrons. The lowest BCUT2D eigenvalue weighted by Gasteiger charge is -2.46. The second-order valence-corrected chi connectivity index (χ2v) is 10.8. The normalized spacial score (nSPS) is 25.7. The maximum absolute atomic E-state index is 13.5. The van der Waals surface area contributed by atoms with Crippen molar-refractivity contribution in [2.75, 3.05) is 21.1 Å². The lowest BCUT2D eigenvalue weighted by atomic mass is 9.59. The van der Waals surface area contributed by atoms with Crippen LogP contribution in [0, 0.1) is 11.8 Å². The molecule has 3 aliphatic carbocycles. The van der Waals surface area contributed by atoms with E-state index in [1.54, 1.807) is 33.0 Å². The Morgan fingerprint density at radius 1 is 1.18 bits per heavy atom. The van der Waals surface area contributed by atoms with Crippen molar-refractivity contribution in [3.05, 3.63) is 44.7 Å². The lowest BCUT2D eigenvalue weighted by molar-refractivity contribution is -0.147. The molecular formula is C26H30ClN3O8. The van der Waals surface area contributed by atoms with E-state index in [0.29, 0.717) is 11.1 Å². The molecule has 1 fully saturated rings. The average molecular weight is 548 g/mol. The maximum atomic E-state index is 13.5. The van der Waals surface area contributed by atoms with Crippen LogP contribution >= 0.6 is 11.6 Å². The highest BCUT2D eigenvalue weighted by Gasteiger charge is 2.60. The summed E-state index contributed by atoms with van der Waals surface area (Å²) in [6.45, 7) is 1.94. The van der Waals surface area contributed by atoms with E-state index >= 15 is 0 Å². The van der Waals surface area contributed by atoms with Gasteiger partial charge in [0.1, 0.15) is 22.8 Å². The SMILES string of the molecule is C[C@H](C(=O)N(C)C)N(C)Cc1cc(O)c2c(c1Cl)CC1CC3CC(=O)C(C(N)=O)=C(O)C3(O)C(=O)C1=C2O. The Hall–Kier alpha value is -3.41. The molecule has 0 spiro atoms. The summed E-state index contributed by atoms with van der Waals surface area (Å²) in [7, 11) is 5.02. The maximum Gasteiger partial charge on any atom is 0.255 e. The van der Waals surface area contributed by atoms with Crippen molar-refractivity contribution in [2.24, 2.45) is 17.6 Å². The van der Waals surface area contributed by atoms with E-state index in [-0.39, 0.29) is 47.2 Å². The molecule has 3 unspecified atom stereocenters. The fourth-order valence-corrected chi connectivity index (χ4v) is 6.09. The number of phenolic OH excluding ortho intramolecular Hbond substituents is 1. The molecule has 204 valence electrons. The molecule has 4 rings (SSSR count). The Labute approximate surface area is 223 Å².